The first-order valence-electron chi connectivity index (χ1n) is 8.29. The van der Waals surface area contributed by atoms with Crippen LogP contribution < -0.4 is 5.32 Å². The highest BCUT2D eigenvalue weighted by Crippen LogP contribution is 2.28. The van der Waals surface area contributed by atoms with E-state index in [4.69, 9.17) is 4.74 Å². The SMILES string of the molecule is O=C1CCOC2(CCN(Cc3nc4ccccc4[nH]3)CC2)CN1. The van der Waals surface area contributed by atoms with E-state index in [0.717, 1.165) is 49.3 Å². The van der Waals surface area contributed by atoms with E-state index >= 15 is 0 Å². The van der Waals surface area contributed by atoms with Crippen molar-refractivity contribution in [2.24, 2.45) is 0 Å². The van der Waals surface area contributed by atoms with Crippen LogP contribution in [0.15, 0.2) is 24.3 Å². The van der Waals surface area contributed by atoms with Crippen molar-refractivity contribution in [2.75, 3.05) is 26.2 Å². The second-order valence-corrected chi connectivity index (χ2v) is 6.53. The molecule has 6 nitrogen and oxygen atoms in total. The molecule has 23 heavy (non-hydrogen) atoms. The van der Waals surface area contributed by atoms with Crippen LogP contribution in [0.4, 0.5) is 0 Å². The zero-order valence-electron chi connectivity index (χ0n) is 13.2. The van der Waals surface area contributed by atoms with Gasteiger partial charge in [0.25, 0.3) is 0 Å². The number of ether oxygens (including phenoxy) is 1. The number of nitrogens with zero attached hydrogens (tertiary/aromatic N) is 2. The van der Waals surface area contributed by atoms with Gasteiger partial charge in [0.1, 0.15) is 5.82 Å². The predicted octanol–water partition coefficient (Wildman–Crippen LogP) is 1.43. The van der Waals surface area contributed by atoms with E-state index in [1.165, 1.54) is 0 Å². The number of aromatic nitrogens is 2. The van der Waals surface area contributed by atoms with E-state index in [0.29, 0.717) is 19.6 Å². The number of hydrogen-bond acceptors (Lipinski definition) is 4. The highest BCUT2D eigenvalue weighted by molar-refractivity contribution is 5.76. The molecule has 2 N–H and O–H groups in total. The fourth-order valence-corrected chi connectivity index (χ4v) is 3.49. The lowest BCUT2D eigenvalue weighted by Gasteiger charge is -2.40. The predicted molar refractivity (Wildman–Crippen MR) is 86.9 cm³/mol. The van der Waals surface area contributed by atoms with Gasteiger partial charge in [-0.15, -0.1) is 0 Å². The van der Waals surface area contributed by atoms with Crippen molar-refractivity contribution >= 4 is 16.9 Å². The van der Waals surface area contributed by atoms with E-state index in [2.05, 4.69) is 26.3 Å². The van der Waals surface area contributed by atoms with Gasteiger partial charge >= 0.3 is 0 Å². The number of fused-ring (bicyclic) bond motifs is 1. The van der Waals surface area contributed by atoms with Gasteiger partial charge in [0, 0.05) is 26.1 Å². The minimum atomic E-state index is -0.170. The van der Waals surface area contributed by atoms with Crippen molar-refractivity contribution < 1.29 is 9.53 Å². The van der Waals surface area contributed by atoms with Gasteiger partial charge in [-0.05, 0) is 25.0 Å². The molecular weight excluding hydrogens is 292 g/mol. The zero-order chi connectivity index (χ0) is 15.7. The maximum absolute atomic E-state index is 11.5. The highest BCUT2D eigenvalue weighted by Gasteiger charge is 2.37. The van der Waals surface area contributed by atoms with Crippen molar-refractivity contribution in [3.63, 3.8) is 0 Å². The van der Waals surface area contributed by atoms with Crippen LogP contribution in [0.25, 0.3) is 11.0 Å². The van der Waals surface area contributed by atoms with Gasteiger partial charge in [0.15, 0.2) is 0 Å². The second-order valence-electron chi connectivity index (χ2n) is 6.53. The summed E-state index contributed by atoms with van der Waals surface area (Å²) >= 11 is 0. The maximum Gasteiger partial charge on any atom is 0.222 e. The first-order valence-corrected chi connectivity index (χ1v) is 8.29. The fraction of sp³-hybridized carbons (Fsp3) is 0.529. The molecule has 4 rings (SSSR count). The van der Waals surface area contributed by atoms with Crippen LogP contribution in [-0.4, -0.2) is 52.6 Å². The molecule has 2 aliphatic heterocycles. The van der Waals surface area contributed by atoms with Crippen LogP contribution in [-0.2, 0) is 16.1 Å². The molecule has 1 spiro atoms. The number of likely N-dealkylation sites (tertiary alicyclic amines) is 1. The second kappa shape index (κ2) is 5.94. The first kappa shape index (κ1) is 14.7. The molecule has 2 fully saturated rings. The normalized spacial score (nSPS) is 22.2. The number of nitrogens with one attached hydrogen (secondary N) is 2. The summed E-state index contributed by atoms with van der Waals surface area (Å²) < 4.78 is 6.01. The van der Waals surface area contributed by atoms with E-state index in [1.807, 2.05) is 18.2 Å². The number of para-hydroxylation sites is 2. The Morgan fingerprint density at radius 2 is 2.09 bits per heavy atom. The first-order chi connectivity index (χ1) is 11.2. The quantitative estimate of drug-likeness (QED) is 0.880. The molecule has 0 aliphatic carbocycles. The molecule has 1 aromatic heterocycles. The summed E-state index contributed by atoms with van der Waals surface area (Å²) in [4.78, 5) is 21.9. The highest BCUT2D eigenvalue weighted by atomic mass is 16.5. The molecule has 3 heterocycles. The standard InChI is InChI=1S/C17H22N4O2/c22-16-5-10-23-17(12-18-16)6-8-21(9-7-17)11-15-19-13-3-1-2-4-14(13)20-15/h1-4H,5-12H2,(H,18,22)(H,19,20). The number of imidazole rings is 1. The van der Waals surface area contributed by atoms with E-state index in [-0.39, 0.29) is 11.5 Å². The maximum atomic E-state index is 11.5. The molecule has 2 aromatic rings. The monoisotopic (exact) mass is 314 g/mol. The summed E-state index contributed by atoms with van der Waals surface area (Å²) in [7, 11) is 0. The van der Waals surface area contributed by atoms with Crippen molar-refractivity contribution in [1.29, 1.82) is 0 Å². The Bertz CT molecular complexity index is 670. The molecule has 122 valence electrons. The molecule has 0 bridgehead atoms. The number of H-pyrrole nitrogens is 1. The number of carbonyl (C=O) groups excluding carboxylic acids is 1. The number of piperidine rings is 1. The molecule has 2 saturated heterocycles. The average Bonchev–Trinajstić information content (AvgIpc) is 2.88. The van der Waals surface area contributed by atoms with Gasteiger partial charge in [-0.25, -0.2) is 4.98 Å². The van der Waals surface area contributed by atoms with Crippen molar-refractivity contribution in [3.8, 4) is 0 Å². The van der Waals surface area contributed by atoms with Crippen LogP contribution in [0, 0.1) is 0 Å². The minimum absolute atomic E-state index is 0.103. The van der Waals surface area contributed by atoms with Gasteiger partial charge in [0.2, 0.25) is 5.91 Å². The third-order valence-corrected chi connectivity index (χ3v) is 4.92. The summed E-state index contributed by atoms with van der Waals surface area (Å²) in [6.07, 6.45) is 2.38. The van der Waals surface area contributed by atoms with Crippen LogP contribution in [0.5, 0.6) is 0 Å². The summed E-state index contributed by atoms with van der Waals surface area (Å²) in [5.41, 5.74) is 1.94. The lowest BCUT2D eigenvalue weighted by molar-refractivity contribution is -0.120. The van der Waals surface area contributed by atoms with E-state index < -0.39 is 0 Å². The van der Waals surface area contributed by atoms with Crippen LogP contribution in [0.3, 0.4) is 0 Å². The topological polar surface area (TPSA) is 70.2 Å². The lowest BCUT2D eigenvalue weighted by Crippen LogP contribution is -2.50. The zero-order valence-corrected chi connectivity index (χ0v) is 13.2. The van der Waals surface area contributed by atoms with Gasteiger partial charge in [0.05, 0.1) is 29.8 Å². The van der Waals surface area contributed by atoms with Crippen molar-refractivity contribution in [3.05, 3.63) is 30.1 Å². The fourth-order valence-electron chi connectivity index (χ4n) is 3.49. The van der Waals surface area contributed by atoms with E-state index in [1.54, 1.807) is 0 Å². The van der Waals surface area contributed by atoms with Crippen LogP contribution >= 0.6 is 0 Å². The average molecular weight is 314 g/mol. The summed E-state index contributed by atoms with van der Waals surface area (Å²) in [5, 5.41) is 2.99. The van der Waals surface area contributed by atoms with Crippen LogP contribution in [0.1, 0.15) is 25.1 Å². The number of benzene rings is 1. The molecular formula is C17H22N4O2. The molecule has 6 heteroatoms. The Hall–Kier alpha value is -1.92. The Morgan fingerprint density at radius 1 is 1.26 bits per heavy atom. The molecule has 0 saturated carbocycles. The molecule has 1 aromatic carbocycles. The Balaban J connectivity index is 1.38. The Kier molecular flexibility index (Phi) is 3.79. The lowest BCUT2D eigenvalue weighted by atomic mass is 9.91. The number of hydrogen-bond donors (Lipinski definition) is 2. The number of aromatic amines is 1. The van der Waals surface area contributed by atoms with Crippen molar-refractivity contribution in [2.45, 2.75) is 31.4 Å². The molecule has 0 atom stereocenters. The minimum Gasteiger partial charge on any atom is -0.373 e. The van der Waals surface area contributed by atoms with Crippen LogP contribution in [0.2, 0.25) is 0 Å². The summed E-state index contributed by atoms with van der Waals surface area (Å²) in [5.74, 6) is 1.11. The number of carbonyl (C=O) groups is 1. The Labute approximate surface area is 135 Å². The molecule has 2 aliphatic rings. The van der Waals surface area contributed by atoms with Gasteiger partial charge in [-0.3, -0.25) is 9.69 Å². The van der Waals surface area contributed by atoms with Gasteiger partial charge in [-0.2, -0.15) is 0 Å². The largest absolute Gasteiger partial charge is 0.373 e. The van der Waals surface area contributed by atoms with E-state index in [9.17, 15) is 4.79 Å². The third-order valence-electron chi connectivity index (χ3n) is 4.92. The smallest absolute Gasteiger partial charge is 0.222 e. The van der Waals surface area contributed by atoms with Gasteiger partial charge < -0.3 is 15.0 Å². The Morgan fingerprint density at radius 3 is 2.91 bits per heavy atom. The number of amides is 1. The molecule has 0 radical (unpaired) electrons. The molecule has 0 unspecified atom stereocenters. The third kappa shape index (κ3) is 3.09. The van der Waals surface area contributed by atoms with Gasteiger partial charge in [-0.1, -0.05) is 12.1 Å². The summed E-state index contributed by atoms with van der Waals surface area (Å²) in [6, 6.07) is 8.11. The summed E-state index contributed by atoms with van der Waals surface area (Å²) in [6.45, 7) is 3.94. The van der Waals surface area contributed by atoms with Crippen molar-refractivity contribution in [1.82, 2.24) is 20.2 Å². The molecule has 1 amide bonds. The number of rotatable bonds is 2.